The summed E-state index contributed by atoms with van der Waals surface area (Å²) in [6.45, 7) is 0. The third kappa shape index (κ3) is 2.88. The number of rotatable bonds is 3. The summed E-state index contributed by atoms with van der Waals surface area (Å²) in [6, 6.07) is 6.25. The molecule has 0 aliphatic heterocycles. The third-order valence-electron chi connectivity index (χ3n) is 2.71. The molecule has 2 aromatic carbocycles. The Morgan fingerprint density at radius 1 is 1.10 bits per heavy atom. The van der Waals surface area contributed by atoms with Gasteiger partial charge in [0, 0.05) is 6.42 Å². The van der Waals surface area contributed by atoms with Gasteiger partial charge < -0.3 is 0 Å². The lowest BCUT2D eigenvalue weighted by atomic mass is 10.0. The molecule has 0 amide bonds. The van der Waals surface area contributed by atoms with Crippen molar-refractivity contribution >= 4 is 33.3 Å². The molecule has 0 spiro atoms. The summed E-state index contributed by atoms with van der Waals surface area (Å²) >= 11 is 8.46. The molecule has 1 nitrogen and oxygen atoms in total. The van der Waals surface area contributed by atoms with Gasteiger partial charge in [0.1, 0.15) is 11.6 Å². The Morgan fingerprint density at radius 3 is 2.50 bits per heavy atom. The van der Waals surface area contributed by atoms with E-state index in [4.69, 9.17) is 11.6 Å². The smallest absolute Gasteiger partial charge is 0.173 e. The second kappa shape index (κ2) is 5.97. The van der Waals surface area contributed by atoms with Crippen molar-refractivity contribution < 1.29 is 18.0 Å². The van der Waals surface area contributed by atoms with E-state index in [9.17, 15) is 18.0 Å². The summed E-state index contributed by atoms with van der Waals surface area (Å²) in [6.07, 6.45) is -0.476. The molecule has 0 aliphatic rings. The van der Waals surface area contributed by atoms with Crippen LogP contribution in [0.3, 0.4) is 0 Å². The van der Waals surface area contributed by atoms with Crippen LogP contribution in [0.1, 0.15) is 15.9 Å². The summed E-state index contributed by atoms with van der Waals surface area (Å²) in [5.41, 5.74) is -0.708. The van der Waals surface area contributed by atoms with Gasteiger partial charge in [0.2, 0.25) is 0 Å². The normalized spacial score (nSPS) is 10.7. The molecule has 0 radical (unpaired) electrons. The van der Waals surface area contributed by atoms with Gasteiger partial charge in [-0.15, -0.1) is 0 Å². The number of Topliss-reactive ketones (excluding diaryl/α,β-unsaturated/α-hetero) is 1. The Labute approximate surface area is 126 Å². The molecular weight excluding hydrogens is 357 g/mol. The maximum absolute atomic E-state index is 13.8. The Morgan fingerprint density at radius 2 is 1.80 bits per heavy atom. The van der Waals surface area contributed by atoms with Gasteiger partial charge in [-0.2, -0.15) is 0 Å². The minimum atomic E-state index is -1.00. The van der Waals surface area contributed by atoms with Crippen LogP contribution in [0.4, 0.5) is 13.2 Å². The Kier molecular flexibility index (Phi) is 4.50. The highest BCUT2D eigenvalue weighted by atomic mass is 79.9. The lowest BCUT2D eigenvalue weighted by molar-refractivity contribution is 0.0983. The lowest BCUT2D eigenvalue weighted by Crippen LogP contribution is -2.10. The first-order valence-corrected chi connectivity index (χ1v) is 6.68. The number of ketones is 1. The predicted molar refractivity (Wildman–Crippen MR) is 73.5 cm³/mol. The molecular formula is C14H7BrClF3O. The Bertz CT molecular complexity index is 688. The molecule has 0 saturated carbocycles. The zero-order valence-electron chi connectivity index (χ0n) is 9.89. The highest BCUT2D eigenvalue weighted by Gasteiger charge is 2.21. The van der Waals surface area contributed by atoms with Crippen LogP contribution in [-0.4, -0.2) is 5.78 Å². The number of hydrogen-bond acceptors (Lipinski definition) is 1. The molecule has 0 unspecified atom stereocenters. The van der Waals surface area contributed by atoms with E-state index < -0.39 is 35.2 Å². The number of halogens is 5. The lowest BCUT2D eigenvalue weighted by Gasteiger charge is -2.07. The van der Waals surface area contributed by atoms with E-state index in [1.165, 1.54) is 18.2 Å². The largest absolute Gasteiger partial charge is 0.294 e. The minimum Gasteiger partial charge on any atom is -0.294 e. The van der Waals surface area contributed by atoms with Crippen LogP contribution >= 0.6 is 27.5 Å². The molecule has 0 fully saturated rings. The van der Waals surface area contributed by atoms with Crippen LogP contribution in [0, 0.1) is 17.5 Å². The van der Waals surface area contributed by atoms with Crippen molar-refractivity contribution in [2.24, 2.45) is 0 Å². The van der Waals surface area contributed by atoms with Crippen molar-refractivity contribution in [3.8, 4) is 0 Å². The van der Waals surface area contributed by atoms with Gasteiger partial charge in [0.05, 0.1) is 15.1 Å². The molecule has 0 aliphatic carbocycles. The van der Waals surface area contributed by atoms with Gasteiger partial charge in [-0.1, -0.05) is 23.7 Å². The fourth-order valence-electron chi connectivity index (χ4n) is 1.73. The summed E-state index contributed by atoms with van der Waals surface area (Å²) in [4.78, 5) is 12.0. The van der Waals surface area contributed by atoms with Crippen molar-refractivity contribution in [2.45, 2.75) is 6.42 Å². The molecule has 0 heterocycles. The first-order valence-electron chi connectivity index (χ1n) is 5.51. The zero-order chi connectivity index (χ0) is 14.9. The molecule has 0 bridgehead atoms. The second-order valence-corrected chi connectivity index (χ2v) is 5.29. The van der Waals surface area contributed by atoms with Crippen LogP contribution in [0.25, 0.3) is 0 Å². The number of hydrogen-bond donors (Lipinski definition) is 0. The summed E-state index contributed by atoms with van der Waals surface area (Å²) in [5, 5.41) is -0.148. The van der Waals surface area contributed by atoms with Crippen LogP contribution < -0.4 is 0 Å². The maximum Gasteiger partial charge on any atom is 0.173 e. The van der Waals surface area contributed by atoms with Crippen molar-refractivity contribution in [3.63, 3.8) is 0 Å². The molecule has 0 saturated heterocycles. The molecule has 6 heteroatoms. The number of carbonyl (C=O) groups is 1. The first kappa shape index (κ1) is 15.1. The summed E-state index contributed by atoms with van der Waals surface area (Å²) in [5.74, 6) is -3.61. The van der Waals surface area contributed by atoms with Crippen LogP contribution in [0.2, 0.25) is 5.02 Å². The van der Waals surface area contributed by atoms with E-state index in [1.807, 2.05) is 0 Å². The van der Waals surface area contributed by atoms with Crippen LogP contribution in [-0.2, 0) is 6.42 Å². The van der Waals surface area contributed by atoms with E-state index in [2.05, 4.69) is 15.9 Å². The van der Waals surface area contributed by atoms with Gasteiger partial charge >= 0.3 is 0 Å². The van der Waals surface area contributed by atoms with Crippen molar-refractivity contribution in [2.75, 3.05) is 0 Å². The standard InChI is InChI=1S/C14H7BrClF3O/c15-8-4-5-10(17)12(14(8)19)11(20)6-7-2-1-3-9(16)13(7)18/h1-5H,6H2. The molecule has 104 valence electrons. The molecule has 0 atom stereocenters. The highest BCUT2D eigenvalue weighted by molar-refractivity contribution is 9.10. The van der Waals surface area contributed by atoms with Crippen molar-refractivity contribution in [1.82, 2.24) is 0 Å². The minimum absolute atomic E-state index is 0.0127. The average Bonchev–Trinajstić information content (AvgIpc) is 2.40. The molecule has 20 heavy (non-hydrogen) atoms. The van der Waals surface area contributed by atoms with Gasteiger partial charge in [-0.25, -0.2) is 13.2 Å². The monoisotopic (exact) mass is 362 g/mol. The summed E-state index contributed by atoms with van der Waals surface area (Å²) < 4.78 is 41.0. The predicted octanol–water partition coefficient (Wildman–Crippen LogP) is 4.95. The van der Waals surface area contributed by atoms with Crippen LogP contribution in [0.5, 0.6) is 0 Å². The fourth-order valence-corrected chi connectivity index (χ4v) is 2.25. The quantitative estimate of drug-likeness (QED) is 0.557. The second-order valence-electron chi connectivity index (χ2n) is 4.03. The average molecular weight is 364 g/mol. The zero-order valence-corrected chi connectivity index (χ0v) is 12.2. The SMILES string of the molecule is O=C(Cc1cccc(Cl)c1F)c1c(F)ccc(Br)c1F. The number of carbonyl (C=O) groups excluding carboxylic acids is 1. The molecule has 0 aromatic heterocycles. The summed E-state index contributed by atoms with van der Waals surface area (Å²) in [7, 11) is 0. The van der Waals surface area contributed by atoms with Gasteiger partial charge in [0.25, 0.3) is 0 Å². The maximum atomic E-state index is 13.8. The van der Waals surface area contributed by atoms with E-state index in [-0.39, 0.29) is 15.1 Å². The Hall–Kier alpha value is -1.33. The van der Waals surface area contributed by atoms with Crippen LogP contribution in [0.15, 0.2) is 34.8 Å². The molecule has 0 N–H and O–H groups in total. The van der Waals surface area contributed by atoms with E-state index in [0.29, 0.717) is 0 Å². The van der Waals surface area contributed by atoms with E-state index >= 15 is 0 Å². The highest BCUT2D eigenvalue weighted by Crippen LogP contribution is 2.24. The van der Waals surface area contributed by atoms with E-state index in [0.717, 1.165) is 12.1 Å². The van der Waals surface area contributed by atoms with E-state index in [1.54, 1.807) is 0 Å². The van der Waals surface area contributed by atoms with Crippen molar-refractivity contribution in [1.29, 1.82) is 0 Å². The Balaban J connectivity index is 2.39. The topological polar surface area (TPSA) is 17.1 Å². The van der Waals surface area contributed by atoms with Gasteiger partial charge in [-0.3, -0.25) is 4.79 Å². The van der Waals surface area contributed by atoms with Gasteiger partial charge in [-0.05, 0) is 39.7 Å². The third-order valence-corrected chi connectivity index (χ3v) is 3.61. The molecule has 2 aromatic rings. The first-order chi connectivity index (χ1) is 9.41. The molecule has 2 rings (SSSR count). The van der Waals surface area contributed by atoms with Gasteiger partial charge in [0.15, 0.2) is 11.6 Å². The fraction of sp³-hybridized carbons (Fsp3) is 0.0714. The van der Waals surface area contributed by atoms with Crippen molar-refractivity contribution in [3.05, 3.63) is 68.4 Å². The number of benzene rings is 2.